The van der Waals surface area contributed by atoms with Gasteiger partial charge in [-0.1, -0.05) is 0 Å². The molecule has 0 spiro atoms. The van der Waals surface area contributed by atoms with Crippen LogP contribution in [0.5, 0.6) is 0 Å². The molecule has 0 aromatic rings. The molecule has 7 heteroatoms. The van der Waals surface area contributed by atoms with E-state index < -0.39 is 10.0 Å². The number of nitrogens with two attached hydrogens (primary N) is 1. The highest BCUT2D eigenvalue weighted by molar-refractivity contribution is 7.89. The van der Waals surface area contributed by atoms with Crippen LogP contribution in [0.1, 0.15) is 34.1 Å². The Kier molecular flexibility index (Phi) is 6.62. The lowest BCUT2D eigenvalue weighted by atomic mass is 10.1. The van der Waals surface area contributed by atoms with Gasteiger partial charge in [-0.05, 0) is 34.1 Å². The van der Waals surface area contributed by atoms with Crippen LogP contribution < -0.4 is 11.1 Å². The highest BCUT2D eigenvalue weighted by Crippen LogP contribution is 1.99. The van der Waals surface area contributed by atoms with Gasteiger partial charge < -0.3 is 11.1 Å². The Hall–Kier alpha value is -0.820. The van der Waals surface area contributed by atoms with Crippen molar-refractivity contribution in [2.24, 2.45) is 10.7 Å². The number of sulfonamides is 1. The van der Waals surface area contributed by atoms with E-state index >= 15 is 0 Å². The Bertz CT molecular complexity index is 371. The maximum atomic E-state index is 11.5. The summed E-state index contributed by atoms with van der Waals surface area (Å²) in [5.74, 6) is 0.518. The van der Waals surface area contributed by atoms with Gasteiger partial charge in [0.25, 0.3) is 0 Å². The van der Waals surface area contributed by atoms with Gasteiger partial charge in [0.05, 0.1) is 5.75 Å². The zero-order valence-corrected chi connectivity index (χ0v) is 12.8. The van der Waals surface area contributed by atoms with E-state index in [-0.39, 0.29) is 11.3 Å². The third-order valence-corrected chi connectivity index (χ3v) is 4.12. The number of hydrogen-bond acceptors (Lipinski definition) is 3. The first-order valence-electron chi connectivity index (χ1n) is 6.10. The minimum Gasteiger partial charge on any atom is -0.370 e. The van der Waals surface area contributed by atoms with Crippen LogP contribution in [0.15, 0.2) is 4.99 Å². The molecule has 0 saturated heterocycles. The summed E-state index contributed by atoms with van der Waals surface area (Å²) in [6.07, 6.45) is 0.655. The molecule has 0 aliphatic carbocycles. The zero-order chi connectivity index (χ0) is 14.4. The van der Waals surface area contributed by atoms with Crippen molar-refractivity contribution < 1.29 is 8.42 Å². The van der Waals surface area contributed by atoms with Crippen LogP contribution in [0.2, 0.25) is 0 Å². The van der Waals surface area contributed by atoms with Gasteiger partial charge in [-0.3, -0.25) is 4.99 Å². The van der Waals surface area contributed by atoms with Crippen molar-refractivity contribution in [2.45, 2.75) is 39.7 Å². The summed E-state index contributed by atoms with van der Waals surface area (Å²) in [7, 11) is -1.51. The third-order valence-electron chi connectivity index (χ3n) is 2.26. The van der Waals surface area contributed by atoms with Crippen LogP contribution in [-0.4, -0.2) is 50.1 Å². The second-order valence-corrected chi connectivity index (χ2v) is 7.58. The smallest absolute Gasteiger partial charge is 0.213 e. The summed E-state index contributed by atoms with van der Waals surface area (Å²) in [5.41, 5.74) is 5.58. The van der Waals surface area contributed by atoms with E-state index in [0.717, 1.165) is 0 Å². The van der Waals surface area contributed by atoms with E-state index in [1.807, 2.05) is 20.8 Å². The normalized spacial score (nSPS) is 14.0. The van der Waals surface area contributed by atoms with Crippen LogP contribution in [-0.2, 0) is 10.0 Å². The molecule has 0 radical (unpaired) electrons. The van der Waals surface area contributed by atoms with Crippen molar-refractivity contribution in [3.63, 3.8) is 0 Å². The molecule has 18 heavy (non-hydrogen) atoms. The van der Waals surface area contributed by atoms with Crippen molar-refractivity contribution in [3.05, 3.63) is 0 Å². The second-order valence-electron chi connectivity index (χ2n) is 5.22. The molecule has 0 aliphatic heterocycles. The number of aliphatic imine (C=N–C) groups is 1. The van der Waals surface area contributed by atoms with E-state index in [0.29, 0.717) is 25.5 Å². The van der Waals surface area contributed by atoms with E-state index in [9.17, 15) is 8.42 Å². The summed E-state index contributed by atoms with van der Waals surface area (Å²) in [5, 5.41) is 3.04. The van der Waals surface area contributed by atoms with E-state index in [2.05, 4.69) is 10.3 Å². The number of nitrogens with zero attached hydrogens (tertiary/aromatic N) is 2. The van der Waals surface area contributed by atoms with Gasteiger partial charge in [-0.2, -0.15) is 0 Å². The van der Waals surface area contributed by atoms with Crippen LogP contribution in [0.3, 0.4) is 0 Å². The van der Waals surface area contributed by atoms with Crippen LogP contribution in [0.25, 0.3) is 0 Å². The van der Waals surface area contributed by atoms with E-state index in [1.54, 1.807) is 14.0 Å². The third kappa shape index (κ3) is 7.50. The lowest BCUT2D eigenvalue weighted by molar-refractivity contribution is 0.464. The van der Waals surface area contributed by atoms with Gasteiger partial charge in [0.15, 0.2) is 5.96 Å². The molecule has 0 rings (SSSR count). The SMILES string of the molecule is CCS(=O)(=O)N(C)CCCN=C(N)NC(C)(C)C. The molecule has 0 aromatic carbocycles. The molecule has 0 fully saturated rings. The predicted molar refractivity (Wildman–Crippen MR) is 76.1 cm³/mol. The fourth-order valence-electron chi connectivity index (χ4n) is 1.28. The van der Waals surface area contributed by atoms with Gasteiger partial charge >= 0.3 is 0 Å². The maximum absolute atomic E-state index is 11.5. The molecule has 0 unspecified atom stereocenters. The molecule has 0 aliphatic rings. The monoisotopic (exact) mass is 278 g/mol. The fraction of sp³-hybridized carbons (Fsp3) is 0.909. The lowest BCUT2D eigenvalue weighted by Gasteiger charge is -2.21. The van der Waals surface area contributed by atoms with Gasteiger partial charge in [0.2, 0.25) is 10.0 Å². The van der Waals surface area contributed by atoms with Gasteiger partial charge in [-0.15, -0.1) is 0 Å². The average molecular weight is 278 g/mol. The van der Waals surface area contributed by atoms with Crippen molar-refractivity contribution >= 4 is 16.0 Å². The average Bonchev–Trinajstić information content (AvgIpc) is 2.21. The molecule has 6 nitrogen and oxygen atoms in total. The predicted octanol–water partition coefficient (Wildman–Crippen LogP) is 0.361. The standard InChI is InChI=1S/C11H26N4O2S/c1-6-18(16,17)15(5)9-7-8-13-10(12)14-11(2,3)4/h6-9H2,1-5H3,(H3,12,13,14). The lowest BCUT2D eigenvalue weighted by Crippen LogP contribution is -2.45. The minimum absolute atomic E-state index is 0.115. The Morgan fingerprint density at radius 1 is 1.39 bits per heavy atom. The van der Waals surface area contributed by atoms with E-state index in [4.69, 9.17) is 5.73 Å². The molecule has 0 amide bonds. The molecule has 0 saturated carbocycles. The summed E-state index contributed by atoms with van der Waals surface area (Å²) >= 11 is 0. The number of rotatable bonds is 6. The number of nitrogens with one attached hydrogen (secondary N) is 1. The van der Waals surface area contributed by atoms with E-state index in [1.165, 1.54) is 4.31 Å². The summed E-state index contributed by atoms with van der Waals surface area (Å²) in [6, 6.07) is 0. The number of guanidine groups is 1. The first kappa shape index (κ1) is 17.2. The Labute approximate surface area is 111 Å². The van der Waals surface area contributed by atoms with Gasteiger partial charge in [-0.25, -0.2) is 12.7 Å². The van der Waals surface area contributed by atoms with Gasteiger partial charge in [0.1, 0.15) is 0 Å². The molecule has 0 heterocycles. The summed E-state index contributed by atoms with van der Waals surface area (Å²) in [4.78, 5) is 4.15. The van der Waals surface area contributed by atoms with Crippen molar-refractivity contribution in [3.8, 4) is 0 Å². The molecule has 0 atom stereocenters. The largest absolute Gasteiger partial charge is 0.370 e. The summed E-state index contributed by atoms with van der Waals surface area (Å²) < 4.78 is 24.3. The van der Waals surface area contributed by atoms with Crippen molar-refractivity contribution in [1.82, 2.24) is 9.62 Å². The topological polar surface area (TPSA) is 87.8 Å². The highest BCUT2D eigenvalue weighted by atomic mass is 32.2. The first-order chi connectivity index (χ1) is 8.08. The minimum atomic E-state index is -3.09. The quantitative estimate of drug-likeness (QED) is 0.417. The first-order valence-corrected chi connectivity index (χ1v) is 7.71. The molecule has 108 valence electrons. The zero-order valence-electron chi connectivity index (χ0n) is 12.0. The Morgan fingerprint density at radius 3 is 2.39 bits per heavy atom. The Morgan fingerprint density at radius 2 is 1.94 bits per heavy atom. The molecular formula is C11H26N4O2S. The highest BCUT2D eigenvalue weighted by Gasteiger charge is 2.14. The van der Waals surface area contributed by atoms with Gasteiger partial charge in [0, 0.05) is 25.7 Å². The number of hydrogen-bond donors (Lipinski definition) is 2. The molecular weight excluding hydrogens is 252 g/mol. The summed E-state index contributed by atoms with van der Waals surface area (Å²) in [6.45, 7) is 8.60. The second kappa shape index (κ2) is 6.94. The Balaban J connectivity index is 4.04. The van der Waals surface area contributed by atoms with Crippen molar-refractivity contribution in [2.75, 3.05) is 25.9 Å². The molecule has 0 aromatic heterocycles. The molecule has 3 N–H and O–H groups in total. The molecule has 0 bridgehead atoms. The maximum Gasteiger partial charge on any atom is 0.213 e. The van der Waals surface area contributed by atoms with Crippen LogP contribution >= 0.6 is 0 Å². The van der Waals surface area contributed by atoms with Crippen LogP contribution in [0, 0.1) is 0 Å². The fourth-order valence-corrected chi connectivity index (χ4v) is 2.12. The van der Waals surface area contributed by atoms with Crippen LogP contribution in [0.4, 0.5) is 0 Å². The van der Waals surface area contributed by atoms with Crippen molar-refractivity contribution in [1.29, 1.82) is 0 Å².